The van der Waals surface area contributed by atoms with Crippen LogP contribution in [-0.4, -0.2) is 52.1 Å². The second-order valence-corrected chi connectivity index (χ2v) is 9.15. The maximum atomic E-state index is 13.6. The number of pyridine rings is 1. The van der Waals surface area contributed by atoms with E-state index in [9.17, 15) is 22.8 Å². The van der Waals surface area contributed by atoms with Crippen molar-refractivity contribution in [3.8, 4) is 5.75 Å². The highest BCUT2D eigenvalue weighted by molar-refractivity contribution is 5.94. The van der Waals surface area contributed by atoms with Crippen LogP contribution in [0.2, 0.25) is 0 Å². The number of piperidine rings is 1. The zero-order valence-electron chi connectivity index (χ0n) is 18.9. The molecule has 0 saturated carbocycles. The number of carbonyl (C=O) groups excluding carboxylic acids is 1. The summed E-state index contributed by atoms with van der Waals surface area (Å²) >= 11 is 0. The van der Waals surface area contributed by atoms with Crippen LogP contribution in [0.4, 0.5) is 13.2 Å². The third kappa shape index (κ3) is 4.60. The SMILES string of the molecule is Cc1nc2nc(C(F)(F)F)c(COc3ccc(C(=O)N4CCCC5(COC5)C4)cc3)cc2c(=O)[nH]1. The molecule has 2 saturated heterocycles. The summed E-state index contributed by atoms with van der Waals surface area (Å²) in [6.07, 6.45) is -2.77. The molecule has 8 nitrogen and oxygen atoms in total. The number of H-pyrrole nitrogens is 1. The molecule has 2 aromatic heterocycles. The number of alkyl halides is 3. The Balaban J connectivity index is 1.33. The number of hydrogen-bond acceptors (Lipinski definition) is 6. The van der Waals surface area contributed by atoms with Crippen LogP contribution in [-0.2, 0) is 17.5 Å². The van der Waals surface area contributed by atoms with Crippen molar-refractivity contribution in [2.75, 3.05) is 26.3 Å². The van der Waals surface area contributed by atoms with Gasteiger partial charge in [-0.25, -0.2) is 9.97 Å². The highest BCUT2D eigenvalue weighted by atomic mass is 19.4. The number of likely N-dealkylation sites (tertiary alicyclic amines) is 1. The summed E-state index contributed by atoms with van der Waals surface area (Å²) in [5.41, 5.74) is -1.76. The van der Waals surface area contributed by atoms with Crippen LogP contribution in [0.1, 0.15) is 40.3 Å². The Labute approximate surface area is 198 Å². The van der Waals surface area contributed by atoms with Crippen molar-refractivity contribution in [1.82, 2.24) is 19.9 Å². The lowest BCUT2D eigenvalue weighted by Gasteiger charge is -2.48. The van der Waals surface area contributed by atoms with Crippen LogP contribution in [0.5, 0.6) is 5.75 Å². The minimum atomic E-state index is -4.75. The molecule has 1 spiro atoms. The standard InChI is InChI=1S/C24H23F3N4O4/c1-14-28-20-18(21(32)29-14)9-16(19(30-20)24(25,26)27)10-35-17-5-3-15(4-6-17)22(33)31-8-2-7-23(11-31)12-34-13-23/h3-6,9H,2,7-8,10-13H2,1H3,(H,28,29,30,32). The number of aromatic amines is 1. The van der Waals surface area contributed by atoms with Gasteiger partial charge < -0.3 is 19.4 Å². The van der Waals surface area contributed by atoms with Crippen LogP contribution < -0.4 is 10.3 Å². The van der Waals surface area contributed by atoms with E-state index in [0.29, 0.717) is 31.9 Å². The molecule has 3 aromatic rings. The van der Waals surface area contributed by atoms with Gasteiger partial charge in [0.05, 0.1) is 18.6 Å². The fraction of sp³-hybridized carbons (Fsp3) is 0.417. The van der Waals surface area contributed by atoms with E-state index in [2.05, 4.69) is 15.0 Å². The first kappa shape index (κ1) is 23.3. The van der Waals surface area contributed by atoms with E-state index in [0.717, 1.165) is 18.9 Å². The topological polar surface area (TPSA) is 97.4 Å². The summed E-state index contributed by atoms with van der Waals surface area (Å²) in [5, 5.41) is -0.0562. The fourth-order valence-electron chi connectivity index (χ4n) is 4.62. The molecule has 1 N–H and O–H groups in total. The van der Waals surface area contributed by atoms with Gasteiger partial charge in [-0.05, 0) is 50.1 Å². The molecule has 0 radical (unpaired) electrons. The van der Waals surface area contributed by atoms with Crippen molar-refractivity contribution in [2.45, 2.75) is 32.5 Å². The van der Waals surface area contributed by atoms with Crippen LogP contribution >= 0.6 is 0 Å². The molecule has 0 atom stereocenters. The largest absolute Gasteiger partial charge is 0.489 e. The third-order valence-electron chi connectivity index (χ3n) is 6.42. The van der Waals surface area contributed by atoms with Crippen molar-refractivity contribution >= 4 is 16.9 Å². The molecule has 2 aliphatic heterocycles. The van der Waals surface area contributed by atoms with Gasteiger partial charge in [-0.1, -0.05) is 0 Å². The molecule has 11 heteroatoms. The minimum Gasteiger partial charge on any atom is -0.489 e. The molecule has 184 valence electrons. The summed E-state index contributed by atoms with van der Waals surface area (Å²) in [4.78, 5) is 36.9. The molecule has 2 aliphatic rings. The number of halogens is 3. The Morgan fingerprint density at radius 3 is 2.63 bits per heavy atom. The van der Waals surface area contributed by atoms with Crippen LogP contribution in [0, 0.1) is 12.3 Å². The molecule has 0 unspecified atom stereocenters. The zero-order chi connectivity index (χ0) is 24.8. The normalized spacial score (nSPS) is 17.4. The monoisotopic (exact) mass is 488 g/mol. The maximum Gasteiger partial charge on any atom is 0.433 e. The highest BCUT2D eigenvalue weighted by Gasteiger charge is 2.43. The first-order chi connectivity index (χ1) is 16.6. The number of aryl methyl sites for hydroxylation is 1. The lowest BCUT2D eigenvalue weighted by molar-refractivity contribution is -0.142. The lowest BCUT2D eigenvalue weighted by Crippen LogP contribution is -2.55. The van der Waals surface area contributed by atoms with Crippen LogP contribution in [0.3, 0.4) is 0 Å². The fourth-order valence-corrected chi connectivity index (χ4v) is 4.62. The third-order valence-corrected chi connectivity index (χ3v) is 6.42. The number of nitrogens with zero attached hydrogens (tertiary/aromatic N) is 3. The quantitative estimate of drug-likeness (QED) is 0.604. The van der Waals surface area contributed by atoms with Crippen molar-refractivity contribution in [1.29, 1.82) is 0 Å². The second-order valence-electron chi connectivity index (χ2n) is 9.15. The Morgan fingerprint density at radius 1 is 1.23 bits per heavy atom. The zero-order valence-corrected chi connectivity index (χ0v) is 18.9. The van der Waals surface area contributed by atoms with Gasteiger partial charge >= 0.3 is 6.18 Å². The Morgan fingerprint density at radius 2 is 1.97 bits per heavy atom. The molecule has 35 heavy (non-hydrogen) atoms. The van der Waals surface area contributed by atoms with Crippen molar-refractivity contribution in [2.24, 2.45) is 5.41 Å². The number of aromatic nitrogens is 3. The Hall–Kier alpha value is -3.47. The number of ether oxygens (including phenoxy) is 2. The molecule has 5 rings (SSSR count). The smallest absolute Gasteiger partial charge is 0.433 e. The molecule has 1 aromatic carbocycles. The average molecular weight is 488 g/mol. The van der Waals surface area contributed by atoms with E-state index in [-0.39, 0.29) is 39.5 Å². The summed E-state index contributed by atoms with van der Waals surface area (Å²) in [7, 11) is 0. The van der Waals surface area contributed by atoms with E-state index in [1.54, 1.807) is 24.3 Å². The first-order valence-corrected chi connectivity index (χ1v) is 11.2. The molecule has 4 heterocycles. The predicted octanol–water partition coefficient (Wildman–Crippen LogP) is 3.48. The van der Waals surface area contributed by atoms with Gasteiger partial charge in [0.15, 0.2) is 11.3 Å². The lowest BCUT2D eigenvalue weighted by atomic mass is 9.78. The van der Waals surface area contributed by atoms with Gasteiger partial charge in [-0.3, -0.25) is 9.59 Å². The molecule has 0 aliphatic carbocycles. The van der Waals surface area contributed by atoms with E-state index in [1.165, 1.54) is 6.92 Å². The van der Waals surface area contributed by atoms with Gasteiger partial charge in [0.2, 0.25) is 0 Å². The number of carbonyl (C=O) groups is 1. The summed E-state index contributed by atoms with van der Waals surface area (Å²) < 4.78 is 51.8. The first-order valence-electron chi connectivity index (χ1n) is 11.2. The van der Waals surface area contributed by atoms with Gasteiger partial charge in [-0.2, -0.15) is 13.2 Å². The van der Waals surface area contributed by atoms with Gasteiger partial charge in [0, 0.05) is 29.6 Å². The second kappa shape index (κ2) is 8.63. The van der Waals surface area contributed by atoms with Gasteiger partial charge in [-0.15, -0.1) is 0 Å². The summed E-state index contributed by atoms with van der Waals surface area (Å²) in [5.74, 6) is 0.360. The average Bonchev–Trinajstić information content (AvgIpc) is 2.80. The van der Waals surface area contributed by atoms with Crippen LogP contribution in [0.25, 0.3) is 11.0 Å². The van der Waals surface area contributed by atoms with Gasteiger partial charge in [0.25, 0.3) is 11.5 Å². The molecule has 1 amide bonds. The number of rotatable bonds is 4. The number of fused-ring (bicyclic) bond motifs is 1. The maximum absolute atomic E-state index is 13.6. The number of benzene rings is 1. The number of amides is 1. The minimum absolute atomic E-state index is 0.0562. The van der Waals surface area contributed by atoms with E-state index >= 15 is 0 Å². The van der Waals surface area contributed by atoms with E-state index in [4.69, 9.17) is 9.47 Å². The summed E-state index contributed by atoms with van der Waals surface area (Å²) in [6.45, 7) is 3.69. The van der Waals surface area contributed by atoms with E-state index in [1.807, 2.05) is 4.90 Å². The Bertz CT molecular complexity index is 1330. The molecular weight excluding hydrogens is 465 g/mol. The van der Waals surface area contributed by atoms with Gasteiger partial charge in [0.1, 0.15) is 18.2 Å². The molecule has 2 fully saturated rings. The van der Waals surface area contributed by atoms with Crippen molar-refractivity contribution < 1.29 is 27.4 Å². The van der Waals surface area contributed by atoms with Crippen LogP contribution in [0.15, 0.2) is 35.1 Å². The summed E-state index contributed by atoms with van der Waals surface area (Å²) in [6, 6.07) is 7.37. The van der Waals surface area contributed by atoms with E-state index < -0.39 is 24.0 Å². The number of hydrogen-bond donors (Lipinski definition) is 1. The molecular formula is C24H23F3N4O4. The van der Waals surface area contributed by atoms with Crippen molar-refractivity contribution in [3.05, 3.63) is 63.3 Å². The predicted molar refractivity (Wildman–Crippen MR) is 119 cm³/mol. The van der Waals surface area contributed by atoms with Crippen molar-refractivity contribution in [3.63, 3.8) is 0 Å². The highest BCUT2D eigenvalue weighted by Crippen LogP contribution is 2.37. The Kier molecular flexibility index (Phi) is 5.74. The molecule has 0 bridgehead atoms. The number of nitrogens with one attached hydrogen (secondary N) is 1.